The molecule has 1 aromatic carbocycles. The first kappa shape index (κ1) is 13.0. The third-order valence-corrected chi connectivity index (χ3v) is 2.45. The van der Waals surface area contributed by atoms with Gasteiger partial charge in [0.2, 0.25) is 0 Å². The molecule has 0 heterocycles. The topological polar surface area (TPSA) is 70.5 Å². The van der Waals surface area contributed by atoms with Crippen LogP contribution in [0.1, 0.15) is 24.1 Å². The molecule has 0 radical (unpaired) electrons. The van der Waals surface area contributed by atoms with Crippen LogP contribution in [0.15, 0.2) is 18.2 Å². The third kappa shape index (κ3) is 3.20. The summed E-state index contributed by atoms with van der Waals surface area (Å²) in [6, 6.07) is 5.70. The molecule has 0 bridgehead atoms. The van der Waals surface area contributed by atoms with Crippen LogP contribution < -0.4 is 16.2 Å². The van der Waals surface area contributed by atoms with Gasteiger partial charge in [0.25, 0.3) is 0 Å². The van der Waals surface area contributed by atoms with Gasteiger partial charge in [-0.05, 0) is 24.6 Å². The lowest BCUT2D eigenvalue weighted by atomic mass is 10.0. The molecule has 0 aromatic heterocycles. The summed E-state index contributed by atoms with van der Waals surface area (Å²) in [7, 11) is 1.65. The summed E-state index contributed by atoms with van der Waals surface area (Å²) in [5.74, 6) is 0.821. The second kappa shape index (κ2) is 6.48. The van der Waals surface area contributed by atoms with E-state index in [1.165, 1.54) is 0 Å². The lowest BCUT2D eigenvalue weighted by Crippen LogP contribution is -2.20. The maximum Gasteiger partial charge on any atom is 0.124 e. The Morgan fingerprint density at radius 3 is 2.69 bits per heavy atom. The molecule has 1 atom stereocenters. The van der Waals surface area contributed by atoms with E-state index in [4.69, 9.17) is 20.9 Å². The second-order valence-corrected chi connectivity index (χ2v) is 3.55. The Morgan fingerprint density at radius 2 is 2.12 bits per heavy atom. The van der Waals surface area contributed by atoms with Crippen LogP contribution in [0, 0.1) is 0 Å². The molecule has 0 amide bonds. The van der Waals surface area contributed by atoms with Gasteiger partial charge in [-0.25, -0.2) is 0 Å². The minimum Gasteiger partial charge on any atom is -0.496 e. The van der Waals surface area contributed by atoms with Crippen LogP contribution >= 0.6 is 0 Å². The monoisotopic (exact) mass is 224 g/mol. The minimum absolute atomic E-state index is 0.133. The van der Waals surface area contributed by atoms with Crippen molar-refractivity contribution in [1.82, 2.24) is 0 Å². The second-order valence-electron chi connectivity index (χ2n) is 3.55. The van der Waals surface area contributed by atoms with Gasteiger partial charge in [-0.1, -0.05) is 6.07 Å². The molecule has 0 aliphatic carbocycles. The van der Waals surface area contributed by atoms with Crippen molar-refractivity contribution in [3.8, 4) is 5.75 Å². The number of ether oxygens (including phenoxy) is 2. The molecule has 0 spiro atoms. The van der Waals surface area contributed by atoms with Crippen LogP contribution in [-0.2, 0) is 11.3 Å². The van der Waals surface area contributed by atoms with Crippen molar-refractivity contribution < 1.29 is 9.47 Å². The average Bonchev–Trinajstić information content (AvgIpc) is 2.34. The van der Waals surface area contributed by atoms with E-state index >= 15 is 0 Å². The first-order valence-electron chi connectivity index (χ1n) is 5.43. The maximum atomic E-state index is 5.88. The van der Waals surface area contributed by atoms with E-state index in [1.807, 2.05) is 25.1 Å². The van der Waals surface area contributed by atoms with E-state index in [0.717, 1.165) is 16.9 Å². The summed E-state index contributed by atoms with van der Waals surface area (Å²) in [6.07, 6.45) is 0. The molecule has 1 aromatic rings. The van der Waals surface area contributed by atoms with Gasteiger partial charge >= 0.3 is 0 Å². The van der Waals surface area contributed by atoms with Crippen molar-refractivity contribution in [3.63, 3.8) is 0 Å². The fraction of sp³-hybridized carbons (Fsp3) is 0.500. The first-order valence-corrected chi connectivity index (χ1v) is 5.43. The Kier molecular flexibility index (Phi) is 5.25. The van der Waals surface area contributed by atoms with Crippen LogP contribution in [0.5, 0.6) is 5.75 Å². The Morgan fingerprint density at radius 1 is 1.38 bits per heavy atom. The van der Waals surface area contributed by atoms with E-state index in [0.29, 0.717) is 19.8 Å². The van der Waals surface area contributed by atoms with Crippen LogP contribution in [0.3, 0.4) is 0 Å². The van der Waals surface area contributed by atoms with Gasteiger partial charge in [0.05, 0.1) is 13.7 Å². The Balaban J connectivity index is 2.91. The number of nitrogens with two attached hydrogens (primary N) is 2. The summed E-state index contributed by atoms with van der Waals surface area (Å²) in [6.45, 7) is 3.60. The zero-order valence-electron chi connectivity index (χ0n) is 9.90. The average molecular weight is 224 g/mol. The number of methoxy groups -OCH3 is 1. The highest BCUT2D eigenvalue weighted by Crippen LogP contribution is 2.23. The smallest absolute Gasteiger partial charge is 0.124 e. The molecule has 0 aliphatic heterocycles. The molecule has 4 N–H and O–H groups in total. The van der Waals surface area contributed by atoms with Crippen LogP contribution in [0.2, 0.25) is 0 Å². The fourth-order valence-electron chi connectivity index (χ4n) is 1.49. The highest BCUT2D eigenvalue weighted by Gasteiger charge is 2.08. The number of hydrogen-bond acceptors (Lipinski definition) is 4. The van der Waals surface area contributed by atoms with E-state index in [1.54, 1.807) is 7.11 Å². The first-order chi connectivity index (χ1) is 7.72. The normalized spacial score (nSPS) is 12.5. The lowest BCUT2D eigenvalue weighted by molar-refractivity contribution is 0.132. The SMILES string of the molecule is CCOCc1cc(C(N)CN)ccc1OC. The zero-order chi connectivity index (χ0) is 12.0. The van der Waals surface area contributed by atoms with Crippen LogP contribution in [0.25, 0.3) is 0 Å². The van der Waals surface area contributed by atoms with Gasteiger partial charge in [0.15, 0.2) is 0 Å². The minimum atomic E-state index is -0.133. The molecule has 90 valence electrons. The van der Waals surface area contributed by atoms with Gasteiger partial charge in [0.1, 0.15) is 5.75 Å². The van der Waals surface area contributed by atoms with E-state index in [9.17, 15) is 0 Å². The number of benzene rings is 1. The Bertz CT molecular complexity index is 329. The third-order valence-electron chi connectivity index (χ3n) is 2.45. The molecule has 16 heavy (non-hydrogen) atoms. The molecule has 0 fully saturated rings. The molecule has 0 saturated carbocycles. The Labute approximate surface area is 96.5 Å². The summed E-state index contributed by atoms with van der Waals surface area (Å²) in [4.78, 5) is 0. The lowest BCUT2D eigenvalue weighted by Gasteiger charge is -2.14. The van der Waals surface area contributed by atoms with Crippen molar-refractivity contribution in [1.29, 1.82) is 0 Å². The Hall–Kier alpha value is -1.10. The van der Waals surface area contributed by atoms with Crippen molar-refractivity contribution in [3.05, 3.63) is 29.3 Å². The maximum absolute atomic E-state index is 5.88. The standard InChI is InChI=1S/C12H20N2O2/c1-3-16-8-10-6-9(11(14)7-13)4-5-12(10)15-2/h4-6,11H,3,7-8,13-14H2,1-2H3. The van der Waals surface area contributed by atoms with Crippen LogP contribution in [0.4, 0.5) is 0 Å². The molecule has 4 nitrogen and oxygen atoms in total. The van der Waals surface area contributed by atoms with Crippen LogP contribution in [-0.4, -0.2) is 20.3 Å². The predicted molar refractivity (Wildman–Crippen MR) is 64.3 cm³/mol. The summed E-state index contributed by atoms with van der Waals surface area (Å²) in [5.41, 5.74) is 13.4. The summed E-state index contributed by atoms with van der Waals surface area (Å²) >= 11 is 0. The molecule has 1 unspecified atom stereocenters. The van der Waals surface area contributed by atoms with Crippen molar-refractivity contribution >= 4 is 0 Å². The van der Waals surface area contributed by atoms with Gasteiger partial charge in [-0.3, -0.25) is 0 Å². The number of hydrogen-bond donors (Lipinski definition) is 2. The van der Waals surface area contributed by atoms with Crippen molar-refractivity contribution in [2.75, 3.05) is 20.3 Å². The summed E-state index contributed by atoms with van der Waals surface area (Å²) < 4.78 is 10.6. The van der Waals surface area contributed by atoms with Crippen molar-refractivity contribution in [2.45, 2.75) is 19.6 Å². The van der Waals surface area contributed by atoms with E-state index < -0.39 is 0 Å². The molecule has 0 saturated heterocycles. The fourth-order valence-corrected chi connectivity index (χ4v) is 1.49. The summed E-state index contributed by atoms with van der Waals surface area (Å²) in [5, 5.41) is 0. The quantitative estimate of drug-likeness (QED) is 0.761. The predicted octanol–water partition coefficient (Wildman–Crippen LogP) is 1.19. The van der Waals surface area contributed by atoms with Gasteiger partial charge in [-0.15, -0.1) is 0 Å². The molecule has 4 heteroatoms. The molecule has 0 aliphatic rings. The zero-order valence-corrected chi connectivity index (χ0v) is 9.90. The highest BCUT2D eigenvalue weighted by atomic mass is 16.5. The molecular formula is C12H20N2O2. The van der Waals surface area contributed by atoms with E-state index in [2.05, 4.69) is 0 Å². The molecule has 1 rings (SSSR count). The van der Waals surface area contributed by atoms with Gasteiger partial charge < -0.3 is 20.9 Å². The largest absolute Gasteiger partial charge is 0.496 e. The van der Waals surface area contributed by atoms with Crippen molar-refractivity contribution in [2.24, 2.45) is 11.5 Å². The van der Waals surface area contributed by atoms with Gasteiger partial charge in [0, 0.05) is 24.8 Å². The molecular weight excluding hydrogens is 204 g/mol. The van der Waals surface area contributed by atoms with E-state index in [-0.39, 0.29) is 6.04 Å². The highest BCUT2D eigenvalue weighted by molar-refractivity contribution is 5.38. The van der Waals surface area contributed by atoms with Gasteiger partial charge in [-0.2, -0.15) is 0 Å². The number of rotatable bonds is 6.